The summed E-state index contributed by atoms with van der Waals surface area (Å²) in [5.74, 6) is 1.02. The van der Waals surface area contributed by atoms with Gasteiger partial charge in [0.15, 0.2) is 0 Å². The SMILES string of the molecule is Cn1c(Cl)cnc1CN1C2CCC1CC(O)C2. The molecule has 2 saturated heterocycles. The molecule has 0 saturated carbocycles. The molecule has 0 aromatic carbocycles. The molecule has 3 rings (SSSR count). The maximum absolute atomic E-state index is 9.76. The fourth-order valence-electron chi connectivity index (χ4n) is 3.24. The van der Waals surface area contributed by atoms with Gasteiger partial charge < -0.3 is 9.67 Å². The van der Waals surface area contributed by atoms with E-state index in [2.05, 4.69) is 9.88 Å². The first kappa shape index (κ1) is 11.5. The summed E-state index contributed by atoms with van der Waals surface area (Å²) < 4.78 is 1.94. The monoisotopic (exact) mass is 255 g/mol. The molecule has 0 amide bonds. The van der Waals surface area contributed by atoms with Crippen molar-refractivity contribution < 1.29 is 5.11 Å². The minimum Gasteiger partial charge on any atom is -0.393 e. The summed E-state index contributed by atoms with van der Waals surface area (Å²) in [6.07, 6.45) is 5.84. The molecule has 2 bridgehead atoms. The third-order valence-electron chi connectivity index (χ3n) is 4.21. The lowest BCUT2D eigenvalue weighted by atomic mass is 10.00. The fraction of sp³-hybridized carbons (Fsp3) is 0.750. The van der Waals surface area contributed by atoms with Crippen LogP contribution >= 0.6 is 11.6 Å². The lowest BCUT2D eigenvalue weighted by Gasteiger charge is -2.36. The average molecular weight is 256 g/mol. The van der Waals surface area contributed by atoms with Gasteiger partial charge in [-0.3, -0.25) is 4.90 Å². The number of nitrogens with zero attached hydrogens (tertiary/aromatic N) is 3. The van der Waals surface area contributed by atoms with E-state index >= 15 is 0 Å². The molecule has 1 N–H and O–H groups in total. The van der Waals surface area contributed by atoms with E-state index in [1.165, 1.54) is 12.8 Å². The van der Waals surface area contributed by atoms with Gasteiger partial charge in [-0.1, -0.05) is 11.6 Å². The molecule has 1 aromatic heterocycles. The molecular formula is C12H18ClN3O. The highest BCUT2D eigenvalue weighted by molar-refractivity contribution is 6.29. The zero-order valence-electron chi connectivity index (χ0n) is 10.0. The second-order valence-electron chi connectivity index (χ2n) is 5.24. The van der Waals surface area contributed by atoms with Gasteiger partial charge >= 0.3 is 0 Å². The van der Waals surface area contributed by atoms with Gasteiger partial charge in [0.05, 0.1) is 18.8 Å². The minimum atomic E-state index is -0.103. The van der Waals surface area contributed by atoms with E-state index < -0.39 is 0 Å². The van der Waals surface area contributed by atoms with Crippen molar-refractivity contribution in [2.24, 2.45) is 7.05 Å². The van der Waals surface area contributed by atoms with Crippen molar-refractivity contribution in [1.29, 1.82) is 0 Å². The number of aliphatic hydroxyl groups is 1. The van der Waals surface area contributed by atoms with Crippen LogP contribution in [-0.2, 0) is 13.6 Å². The quantitative estimate of drug-likeness (QED) is 0.872. The van der Waals surface area contributed by atoms with Crippen LogP contribution in [0.3, 0.4) is 0 Å². The van der Waals surface area contributed by atoms with Crippen molar-refractivity contribution in [3.05, 3.63) is 17.2 Å². The highest BCUT2D eigenvalue weighted by Crippen LogP contribution is 2.36. The second-order valence-corrected chi connectivity index (χ2v) is 5.63. The van der Waals surface area contributed by atoms with E-state index in [0.29, 0.717) is 17.2 Å². The predicted octanol–water partition coefficient (Wildman–Crippen LogP) is 1.56. The number of rotatable bonds is 2. The number of hydrogen-bond acceptors (Lipinski definition) is 3. The first-order valence-electron chi connectivity index (χ1n) is 6.25. The zero-order valence-corrected chi connectivity index (χ0v) is 10.8. The van der Waals surface area contributed by atoms with E-state index in [0.717, 1.165) is 25.2 Å². The Morgan fingerprint density at radius 2 is 2.06 bits per heavy atom. The molecule has 1 aromatic rings. The Morgan fingerprint density at radius 1 is 1.41 bits per heavy atom. The number of imidazole rings is 1. The molecule has 0 radical (unpaired) electrons. The van der Waals surface area contributed by atoms with Crippen LogP contribution in [0.5, 0.6) is 0 Å². The topological polar surface area (TPSA) is 41.3 Å². The Hall–Kier alpha value is -0.580. The summed E-state index contributed by atoms with van der Waals surface area (Å²) in [5.41, 5.74) is 0. The van der Waals surface area contributed by atoms with E-state index in [9.17, 15) is 5.11 Å². The lowest BCUT2D eigenvalue weighted by molar-refractivity contribution is 0.0292. The molecule has 0 spiro atoms. The molecular weight excluding hydrogens is 238 g/mol. The van der Waals surface area contributed by atoms with Gasteiger partial charge in [-0.05, 0) is 25.7 Å². The molecule has 0 aliphatic carbocycles. The molecule has 2 unspecified atom stereocenters. The number of halogens is 1. The first-order chi connectivity index (χ1) is 8.15. The molecule has 17 heavy (non-hydrogen) atoms. The van der Waals surface area contributed by atoms with Gasteiger partial charge in [-0.25, -0.2) is 4.98 Å². The molecule has 2 fully saturated rings. The van der Waals surface area contributed by atoms with Crippen molar-refractivity contribution >= 4 is 11.6 Å². The van der Waals surface area contributed by atoms with Crippen molar-refractivity contribution in [1.82, 2.24) is 14.5 Å². The minimum absolute atomic E-state index is 0.103. The largest absolute Gasteiger partial charge is 0.393 e. The Bertz CT molecular complexity index is 406. The van der Waals surface area contributed by atoms with Gasteiger partial charge in [0.2, 0.25) is 0 Å². The molecule has 2 aliphatic heterocycles. The van der Waals surface area contributed by atoms with E-state index in [1.54, 1.807) is 6.20 Å². The average Bonchev–Trinajstić information content (AvgIpc) is 2.72. The predicted molar refractivity (Wildman–Crippen MR) is 65.8 cm³/mol. The number of aliphatic hydroxyl groups excluding tert-OH is 1. The lowest BCUT2D eigenvalue weighted by Crippen LogP contribution is -2.44. The third-order valence-corrected chi connectivity index (χ3v) is 4.56. The Kier molecular flexibility index (Phi) is 2.89. The molecule has 5 heteroatoms. The first-order valence-corrected chi connectivity index (χ1v) is 6.63. The van der Waals surface area contributed by atoms with Crippen molar-refractivity contribution in [2.75, 3.05) is 0 Å². The molecule has 3 heterocycles. The number of hydrogen-bond donors (Lipinski definition) is 1. The summed E-state index contributed by atoms with van der Waals surface area (Å²) >= 11 is 6.00. The van der Waals surface area contributed by atoms with Gasteiger partial charge in [0.25, 0.3) is 0 Å². The number of aromatic nitrogens is 2. The molecule has 4 nitrogen and oxygen atoms in total. The maximum Gasteiger partial charge on any atom is 0.128 e. The number of piperidine rings is 1. The smallest absolute Gasteiger partial charge is 0.128 e. The van der Waals surface area contributed by atoms with Gasteiger partial charge in [-0.2, -0.15) is 0 Å². The van der Waals surface area contributed by atoms with Crippen LogP contribution in [0.15, 0.2) is 6.20 Å². The van der Waals surface area contributed by atoms with Crippen molar-refractivity contribution in [3.63, 3.8) is 0 Å². The van der Waals surface area contributed by atoms with Crippen LogP contribution in [0.1, 0.15) is 31.5 Å². The van der Waals surface area contributed by atoms with E-state index in [4.69, 9.17) is 11.6 Å². The maximum atomic E-state index is 9.76. The zero-order chi connectivity index (χ0) is 12.0. The number of fused-ring (bicyclic) bond motifs is 2. The van der Waals surface area contributed by atoms with Gasteiger partial charge in [0, 0.05) is 19.1 Å². The summed E-state index contributed by atoms with van der Waals surface area (Å²) in [5, 5.41) is 10.4. The summed E-state index contributed by atoms with van der Waals surface area (Å²) in [4.78, 5) is 6.84. The van der Waals surface area contributed by atoms with Crippen LogP contribution in [0, 0.1) is 0 Å². The Balaban J connectivity index is 1.76. The highest BCUT2D eigenvalue weighted by atomic mass is 35.5. The normalized spacial score (nSPS) is 33.2. The molecule has 94 valence electrons. The second kappa shape index (κ2) is 4.26. The van der Waals surface area contributed by atoms with Crippen molar-refractivity contribution in [3.8, 4) is 0 Å². The Morgan fingerprint density at radius 3 is 2.59 bits per heavy atom. The fourth-order valence-corrected chi connectivity index (χ4v) is 3.38. The standard InChI is InChI=1S/C12H18ClN3O/c1-15-11(13)6-14-12(15)7-16-8-2-3-9(16)5-10(17)4-8/h6,8-10,17H,2-5,7H2,1H3. The van der Waals surface area contributed by atoms with Crippen LogP contribution in [0.4, 0.5) is 0 Å². The molecule has 2 atom stereocenters. The van der Waals surface area contributed by atoms with Crippen LogP contribution in [0.25, 0.3) is 0 Å². The molecule has 2 aliphatic rings. The van der Waals surface area contributed by atoms with Gasteiger partial charge in [-0.15, -0.1) is 0 Å². The highest BCUT2D eigenvalue weighted by Gasteiger charge is 2.40. The van der Waals surface area contributed by atoms with Crippen LogP contribution in [-0.4, -0.2) is 37.7 Å². The van der Waals surface area contributed by atoms with E-state index in [1.807, 2.05) is 11.6 Å². The van der Waals surface area contributed by atoms with Crippen LogP contribution < -0.4 is 0 Å². The summed E-state index contributed by atoms with van der Waals surface area (Å²) in [6, 6.07) is 1.05. The van der Waals surface area contributed by atoms with Gasteiger partial charge in [0.1, 0.15) is 11.0 Å². The summed E-state index contributed by atoms with van der Waals surface area (Å²) in [6.45, 7) is 0.852. The third kappa shape index (κ3) is 1.98. The van der Waals surface area contributed by atoms with Crippen molar-refractivity contribution in [2.45, 2.75) is 50.4 Å². The summed E-state index contributed by atoms with van der Waals surface area (Å²) in [7, 11) is 1.95. The Labute approximate surface area is 106 Å². The van der Waals surface area contributed by atoms with E-state index in [-0.39, 0.29) is 6.10 Å². The van der Waals surface area contributed by atoms with Crippen LogP contribution in [0.2, 0.25) is 5.15 Å².